The summed E-state index contributed by atoms with van der Waals surface area (Å²) in [6.45, 7) is 1.65. The zero-order valence-corrected chi connectivity index (χ0v) is 18.6. The molecular weight excluding hydrogens is 435 g/mol. The molecule has 3 aromatic rings. The Hall–Kier alpha value is -3.20. The zero-order chi connectivity index (χ0) is 22.7. The molecule has 0 saturated heterocycles. The van der Waals surface area contributed by atoms with Crippen LogP contribution in [0.5, 0.6) is 5.75 Å². The number of hydrogen-bond donors (Lipinski definition) is 1. The first kappa shape index (κ1) is 22.0. The fraction of sp³-hybridized carbons (Fsp3) is 0.348. The summed E-state index contributed by atoms with van der Waals surface area (Å²) in [6.07, 6.45) is 4.80. The number of carbonyl (C=O) groups excluding carboxylic acids is 2. The molecule has 2 aromatic heterocycles. The van der Waals surface area contributed by atoms with E-state index in [-0.39, 0.29) is 12.3 Å². The highest BCUT2D eigenvalue weighted by Crippen LogP contribution is 2.38. The predicted octanol–water partition coefficient (Wildman–Crippen LogP) is 5.07. The Balaban J connectivity index is 1.58. The molecule has 0 spiro atoms. The number of nitrogens with zero attached hydrogens (tertiary/aromatic N) is 1. The zero-order valence-electron chi connectivity index (χ0n) is 17.8. The number of ether oxygens (including phenoxy) is 2. The Kier molecular flexibility index (Phi) is 6.55. The Morgan fingerprint density at radius 2 is 2.06 bits per heavy atom. The minimum Gasteiger partial charge on any atom is -0.489 e. The molecule has 1 aliphatic carbocycles. The van der Waals surface area contributed by atoms with E-state index in [2.05, 4.69) is 10.5 Å². The summed E-state index contributed by atoms with van der Waals surface area (Å²) < 4.78 is 29.2. The summed E-state index contributed by atoms with van der Waals surface area (Å²) in [7, 11) is 1.33. The van der Waals surface area contributed by atoms with Crippen LogP contribution in [0, 0.1) is 12.7 Å². The number of nitrogens with one attached hydrogen (secondary N) is 1. The van der Waals surface area contributed by atoms with E-state index in [0.29, 0.717) is 27.6 Å². The number of thiophene rings is 1. The molecule has 0 aliphatic heterocycles. The second kappa shape index (κ2) is 9.52. The van der Waals surface area contributed by atoms with Crippen LogP contribution < -0.4 is 10.1 Å². The van der Waals surface area contributed by atoms with Crippen LogP contribution in [-0.4, -0.2) is 24.1 Å². The fourth-order valence-electron chi connectivity index (χ4n) is 3.76. The highest BCUT2D eigenvalue weighted by molar-refractivity contribution is 7.17. The lowest BCUT2D eigenvalue weighted by Crippen LogP contribution is -2.17. The van der Waals surface area contributed by atoms with Crippen molar-refractivity contribution in [1.29, 1.82) is 0 Å². The van der Waals surface area contributed by atoms with Crippen LogP contribution in [0.15, 0.2) is 28.8 Å². The van der Waals surface area contributed by atoms with Crippen LogP contribution >= 0.6 is 11.3 Å². The van der Waals surface area contributed by atoms with Gasteiger partial charge in [-0.3, -0.25) is 4.79 Å². The quantitative estimate of drug-likeness (QED) is 0.410. The van der Waals surface area contributed by atoms with Gasteiger partial charge < -0.3 is 19.3 Å². The molecule has 7 nitrogen and oxygen atoms in total. The second-order valence-electron chi connectivity index (χ2n) is 7.53. The number of carbonyl (C=O) groups is 2. The molecule has 2 heterocycles. The van der Waals surface area contributed by atoms with Gasteiger partial charge in [-0.05, 0) is 50.3 Å². The van der Waals surface area contributed by atoms with Crippen molar-refractivity contribution in [2.24, 2.45) is 0 Å². The minimum absolute atomic E-state index is 0.0215. The van der Waals surface area contributed by atoms with E-state index in [9.17, 15) is 14.0 Å². The van der Waals surface area contributed by atoms with Gasteiger partial charge in [0.2, 0.25) is 0 Å². The SMILES string of the molecule is COC(=O)c1c(NC(=O)c2noc(C)c2COc2cccc(F)c2)sc2c1CCCCC2. The third kappa shape index (κ3) is 4.52. The number of rotatable bonds is 6. The number of esters is 1. The molecule has 0 saturated carbocycles. The van der Waals surface area contributed by atoms with Crippen molar-refractivity contribution in [2.45, 2.75) is 45.6 Å². The van der Waals surface area contributed by atoms with Gasteiger partial charge in [-0.25, -0.2) is 9.18 Å². The molecule has 32 heavy (non-hydrogen) atoms. The van der Waals surface area contributed by atoms with Crippen molar-refractivity contribution in [3.8, 4) is 5.75 Å². The Morgan fingerprint density at radius 1 is 1.25 bits per heavy atom. The van der Waals surface area contributed by atoms with Gasteiger partial charge in [-0.1, -0.05) is 17.6 Å². The summed E-state index contributed by atoms with van der Waals surface area (Å²) in [5.41, 5.74) is 1.88. The fourth-order valence-corrected chi connectivity index (χ4v) is 5.04. The highest BCUT2D eigenvalue weighted by Gasteiger charge is 2.28. The first-order valence-electron chi connectivity index (χ1n) is 10.4. The highest BCUT2D eigenvalue weighted by atomic mass is 32.1. The largest absolute Gasteiger partial charge is 0.489 e. The number of halogens is 1. The number of anilines is 1. The average molecular weight is 459 g/mol. The van der Waals surface area contributed by atoms with Gasteiger partial charge >= 0.3 is 5.97 Å². The summed E-state index contributed by atoms with van der Waals surface area (Å²) in [5, 5.41) is 7.15. The van der Waals surface area contributed by atoms with Crippen molar-refractivity contribution in [3.63, 3.8) is 0 Å². The van der Waals surface area contributed by atoms with Crippen molar-refractivity contribution in [3.05, 3.63) is 63.1 Å². The van der Waals surface area contributed by atoms with Gasteiger partial charge in [-0.15, -0.1) is 11.3 Å². The van der Waals surface area contributed by atoms with Crippen LogP contribution in [0.2, 0.25) is 0 Å². The summed E-state index contributed by atoms with van der Waals surface area (Å²) >= 11 is 1.40. The molecule has 0 unspecified atom stereocenters. The Labute approximate surface area is 188 Å². The van der Waals surface area contributed by atoms with E-state index >= 15 is 0 Å². The number of benzene rings is 1. The topological polar surface area (TPSA) is 90.7 Å². The van der Waals surface area contributed by atoms with Crippen LogP contribution in [0.25, 0.3) is 0 Å². The third-order valence-corrected chi connectivity index (χ3v) is 6.62. The van der Waals surface area contributed by atoms with Gasteiger partial charge in [0.25, 0.3) is 5.91 Å². The summed E-state index contributed by atoms with van der Waals surface area (Å²) in [6, 6.07) is 5.72. The predicted molar refractivity (Wildman–Crippen MR) is 117 cm³/mol. The van der Waals surface area contributed by atoms with E-state index in [1.54, 1.807) is 13.0 Å². The molecule has 1 aliphatic rings. The van der Waals surface area contributed by atoms with Gasteiger partial charge in [0.15, 0.2) is 5.69 Å². The maximum atomic E-state index is 13.4. The molecule has 0 fully saturated rings. The average Bonchev–Trinajstić information content (AvgIpc) is 3.22. The van der Waals surface area contributed by atoms with Crippen LogP contribution in [0.4, 0.5) is 9.39 Å². The summed E-state index contributed by atoms with van der Waals surface area (Å²) in [4.78, 5) is 26.7. The normalized spacial score (nSPS) is 13.2. The van der Waals surface area contributed by atoms with Crippen molar-refractivity contribution in [2.75, 3.05) is 12.4 Å². The molecule has 0 atom stereocenters. The van der Waals surface area contributed by atoms with E-state index in [4.69, 9.17) is 14.0 Å². The Bertz CT molecular complexity index is 1150. The lowest BCUT2D eigenvalue weighted by Gasteiger charge is -2.08. The number of aromatic nitrogens is 1. The Morgan fingerprint density at radius 3 is 2.84 bits per heavy atom. The van der Waals surface area contributed by atoms with Crippen molar-refractivity contribution >= 4 is 28.2 Å². The lowest BCUT2D eigenvalue weighted by atomic mass is 10.1. The van der Waals surface area contributed by atoms with Gasteiger partial charge in [0.1, 0.15) is 28.9 Å². The molecule has 4 rings (SSSR count). The van der Waals surface area contributed by atoms with Gasteiger partial charge in [0, 0.05) is 10.9 Å². The smallest absolute Gasteiger partial charge is 0.341 e. The van der Waals surface area contributed by atoms with Gasteiger partial charge in [0.05, 0.1) is 18.2 Å². The summed E-state index contributed by atoms with van der Waals surface area (Å²) in [5.74, 6) is -0.657. The second-order valence-corrected chi connectivity index (χ2v) is 8.63. The van der Waals surface area contributed by atoms with E-state index in [1.807, 2.05) is 0 Å². The number of fused-ring (bicyclic) bond motifs is 1. The molecule has 0 bridgehead atoms. The maximum absolute atomic E-state index is 13.4. The standard InChI is InChI=1S/C23H23FN2O5S/c1-13-17(12-30-15-8-6-7-14(24)11-15)20(26-31-13)21(27)25-22-19(23(28)29-2)16-9-4-3-5-10-18(16)32-22/h6-8,11H,3-5,9-10,12H2,1-2H3,(H,25,27). The molecule has 1 amide bonds. The van der Waals surface area contributed by atoms with E-state index < -0.39 is 17.7 Å². The molecular formula is C23H23FN2O5S. The van der Waals surface area contributed by atoms with Crippen LogP contribution in [-0.2, 0) is 24.2 Å². The number of hydrogen-bond acceptors (Lipinski definition) is 7. The monoisotopic (exact) mass is 458 g/mol. The molecule has 1 N–H and O–H groups in total. The molecule has 1 aromatic carbocycles. The molecule has 9 heteroatoms. The maximum Gasteiger partial charge on any atom is 0.341 e. The third-order valence-electron chi connectivity index (χ3n) is 5.42. The molecule has 0 radical (unpaired) electrons. The van der Waals surface area contributed by atoms with E-state index in [1.165, 1.54) is 36.6 Å². The number of amides is 1. The van der Waals surface area contributed by atoms with Crippen molar-refractivity contribution < 1.29 is 28.0 Å². The molecule has 168 valence electrons. The minimum atomic E-state index is -0.513. The first-order valence-corrected chi connectivity index (χ1v) is 11.2. The van der Waals surface area contributed by atoms with Crippen LogP contribution in [0.1, 0.15) is 61.9 Å². The number of methoxy groups -OCH3 is 1. The van der Waals surface area contributed by atoms with E-state index in [0.717, 1.165) is 42.5 Å². The van der Waals surface area contributed by atoms with Crippen LogP contribution in [0.3, 0.4) is 0 Å². The number of aryl methyl sites for hydroxylation is 2. The first-order chi connectivity index (χ1) is 15.5. The van der Waals surface area contributed by atoms with Crippen molar-refractivity contribution in [1.82, 2.24) is 5.16 Å². The lowest BCUT2D eigenvalue weighted by molar-refractivity contribution is 0.0601. The van der Waals surface area contributed by atoms with Gasteiger partial charge in [-0.2, -0.15) is 0 Å².